The van der Waals surface area contributed by atoms with Crippen molar-refractivity contribution in [2.45, 2.75) is 45.1 Å². The first-order valence-corrected chi connectivity index (χ1v) is 6.41. The fourth-order valence-corrected chi connectivity index (χ4v) is 2.55. The molecule has 2 atom stereocenters. The van der Waals surface area contributed by atoms with Gasteiger partial charge in [0.25, 0.3) is 0 Å². The largest absolute Gasteiger partial charge is 0.455 e. The highest BCUT2D eigenvalue weighted by Gasteiger charge is 2.39. The average Bonchev–Trinajstić information content (AvgIpc) is 2.34. The molecular weight excluding hydrogens is 224 g/mol. The number of ether oxygens (including phenoxy) is 1. The van der Waals surface area contributed by atoms with Crippen LogP contribution >= 0.6 is 0 Å². The molecule has 0 saturated carbocycles. The third-order valence-electron chi connectivity index (χ3n) is 4.00. The lowest BCUT2D eigenvalue weighted by molar-refractivity contribution is -0.156. The summed E-state index contributed by atoms with van der Waals surface area (Å²) in [6.45, 7) is 9.49. The molecule has 2 nitrogen and oxygen atoms in total. The lowest BCUT2D eigenvalue weighted by Crippen LogP contribution is -2.40. The summed E-state index contributed by atoms with van der Waals surface area (Å²) in [7, 11) is 0. The van der Waals surface area contributed by atoms with E-state index in [2.05, 4.69) is 31.7 Å². The molecule has 2 rings (SSSR count). The number of fused-ring (bicyclic) bond motifs is 1. The molecule has 1 aromatic carbocycles. The quantitative estimate of drug-likeness (QED) is 0.586. The summed E-state index contributed by atoms with van der Waals surface area (Å²) >= 11 is 0. The van der Waals surface area contributed by atoms with Crippen molar-refractivity contribution in [2.24, 2.45) is 0 Å². The minimum absolute atomic E-state index is 0.214. The third kappa shape index (κ3) is 2.20. The molecule has 1 aliphatic rings. The van der Waals surface area contributed by atoms with Gasteiger partial charge in [0, 0.05) is 11.5 Å². The SMILES string of the molecule is C=C(C)C(=O)OC1(C)CCc2ccccc2C1C. The van der Waals surface area contributed by atoms with Crippen molar-refractivity contribution >= 4 is 5.97 Å². The zero-order valence-electron chi connectivity index (χ0n) is 11.3. The van der Waals surface area contributed by atoms with Crippen LogP contribution < -0.4 is 0 Å². The van der Waals surface area contributed by atoms with Crippen LogP contribution in [0.5, 0.6) is 0 Å². The molecule has 0 spiro atoms. The van der Waals surface area contributed by atoms with Crippen LogP contribution in [0.2, 0.25) is 0 Å². The molecule has 2 heteroatoms. The van der Waals surface area contributed by atoms with Gasteiger partial charge in [0.1, 0.15) is 5.60 Å². The number of esters is 1. The van der Waals surface area contributed by atoms with Gasteiger partial charge in [-0.3, -0.25) is 0 Å². The average molecular weight is 244 g/mol. The van der Waals surface area contributed by atoms with Gasteiger partial charge < -0.3 is 4.74 Å². The number of hydrogen-bond donors (Lipinski definition) is 0. The molecule has 0 saturated heterocycles. The van der Waals surface area contributed by atoms with E-state index >= 15 is 0 Å². The van der Waals surface area contributed by atoms with Crippen molar-refractivity contribution in [3.8, 4) is 0 Å². The van der Waals surface area contributed by atoms with Gasteiger partial charge in [-0.25, -0.2) is 4.79 Å². The zero-order chi connectivity index (χ0) is 13.3. The molecule has 0 aliphatic heterocycles. The predicted octanol–water partition coefficient (Wildman–Crippen LogP) is 3.61. The molecule has 0 radical (unpaired) electrons. The Morgan fingerprint density at radius 3 is 2.78 bits per heavy atom. The molecule has 0 heterocycles. The highest BCUT2D eigenvalue weighted by atomic mass is 16.6. The number of benzene rings is 1. The second-order valence-electron chi connectivity index (χ2n) is 5.40. The second kappa shape index (κ2) is 4.60. The van der Waals surface area contributed by atoms with E-state index in [1.54, 1.807) is 6.92 Å². The maximum Gasteiger partial charge on any atom is 0.333 e. The molecule has 2 unspecified atom stereocenters. The Morgan fingerprint density at radius 2 is 2.11 bits per heavy atom. The molecule has 0 N–H and O–H groups in total. The van der Waals surface area contributed by atoms with Crippen LogP contribution in [-0.4, -0.2) is 11.6 Å². The smallest absolute Gasteiger partial charge is 0.333 e. The minimum atomic E-state index is -0.426. The van der Waals surface area contributed by atoms with Gasteiger partial charge in [-0.15, -0.1) is 0 Å². The van der Waals surface area contributed by atoms with Crippen molar-refractivity contribution in [1.82, 2.24) is 0 Å². The van der Waals surface area contributed by atoms with Crippen LogP contribution in [0, 0.1) is 0 Å². The Hall–Kier alpha value is -1.57. The Morgan fingerprint density at radius 1 is 1.44 bits per heavy atom. The fourth-order valence-electron chi connectivity index (χ4n) is 2.55. The van der Waals surface area contributed by atoms with E-state index in [0.717, 1.165) is 12.8 Å². The number of rotatable bonds is 2. The summed E-state index contributed by atoms with van der Waals surface area (Å²) in [5.74, 6) is -0.0746. The molecule has 1 aliphatic carbocycles. The van der Waals surface area contributed by atoms with Crippen molar-refractivity contribution in [1.29, 1.82) is 0 Å². The summed E-state index contributed by atoms with van der Waals surface area (Å²) in [6.07, 6.45) is 1.82. The van der Waals surface area contributed by atoms with Gasteiger partial charge in [0.05, 0.1) is 0 Å². The van der Waals surface area contributed by atoms with Gasteiger partial charge in [-0.1, -0.05) is 37.8 Å². The molecule has 1 aromatic rings. The monoisotopic (exact) mass is 244 g/mol. The standard InChI is InChI=1S/C16H20O2/c1-11(2)15(17)18-16(4)10-9-13-7-5-6-8-14(13)12(16)3/h5-8,12H,1,9-10H2,2-4H3. The Kier molecular flexibility index (Phi) is 3.29. The Bertz CT molecular complexity index is 490. The highest BCUT2D eigenvalue weighted by Crippen LogP contribution is 2.41. The van der Waals surface area contributed by atoms with Gasteiger partial charge in [0.15, 0.2) is 0 Å². The molecule has 0 aromatic heterocycles. The van der Waals surface area contributed by atoms with Gasteiger partial charge in [-0.05, 0) is 37.8 Å². The van der Waals surface area contributed by atoms with Crippen LogP contribution in [-0.2, 0) is 16.0 Å². The zero-order valence-corrected chi connectivity index (χ0v) is 11.3. The van der Waals surface area contributed by atoms with E-state index in [1.165, 1.54) is 11.1 Å². The van der Waals surface area contributed by atoms with Crippen molar-refractivity contribution in [2.75, 3.05) is 0 Å². The van der Waals surface area contributed by atoms with Crippen molar-refractivity contribution in [3.63, 3.8) is 0 Å². The number of aryl methyl sites for hydroxylation is 1. The highest BCUT2D eigenvalue weighted by molar-refractivity contribution is 5.87. The first kappa shape index (κ1) is 12.9. The lowest BCUT2D eigenvalue weighted by atomic mass is 9.73. The van der Waals surface area contributed by atoms with E-state index in [1.807, 2.05) is 13.0 Å². The molecule has 0 bridgehead atoms. The van der Waals surface area contributed by atoms with Crippen LogP contribution in [0.3, 0.4) is 0 Å². The third-order valence-corrected chi connectivity index (χ3v) is 4.00. The van der Waals surface area contributed by atoms with Crippen LogP contribution in [0.15, 0.2) is 36.4 Å². The summed E-state index contributed by atoms with van der Waals surface area (Å²) < 4.78 is 5.67. The van der Waals surface area contributed by atoms with E-state index in [9.17, 15) is 4.79 Å². The topological polar surface area (TPSA) is 26.3 Å². The summed E-state index contributed by atoms with van der Waals surface area (Å²) in [4.78, 5) is 11.8. The van der Waals surface area contributed by atoms with Crippen molar-refractivity contribution < 1.29 is 9.53 Å². The minimum Gasteiger partial charge on any atom is -0.455 e. The van der Waals surface area contributed by atoms with E-state index < -0.39 is 5.60 Å². The molecule has 96 valence electrons. The Labute approximate surface area is 109 Å². The first-order valence-electron chi connectivity index (χ1n) is 6.41. The summed E-state index contributed by atoms with van der Waals surface area (Å²) in [6, 6.07) is 8.40. The van der Waals surface area contributed by atoms with Gasteiger partial charge in [0.2, 0.25) is 0 Å². The predicted molar refractivity (Wildman–Crippen MR) is 72.5 cm³/mol. The first-order chi connectivity index (χ1) is 8.44. The maximum absolute atomic E-state index is 11.8. The normalized spacial score (nSPS) is 26.3. The maximum atomic E-state index is 11.8. The number of carbonyl (C=O) groups excluding carboxylic acids is 1. The molecule has 0 amide bonds. The molecule has 18 heavy (non-hydrogen) atoms. The van der Waals surface area contributed by atoms with E-state index in [0.29, 0.717) is 5.57 Å². The van der Waals surface area contributed by atoms with Crippen LogP contribution in [0.25, 0.3) is 0 Å². The summed E-state index contributed by atoms with van der Waals surface area (Å²) in [5.41, 5.74) is 2.70. The number of hydrogen-bond acceptors (Lipinski definition) is 2. The summed E-state index contributed by atoms with van der Waals surface area (Å²) in [5, 5.41) is 0. The van der Waals surface area contributed by atoms with Crippen molar-refractivity contribution in [3.05, 3.63) is 47.5 Å². The fraction of sp³-hybridized carbons (Fsp3) is 0.438. The lowest BCUT2D eigenvalue weighted by Gasteiger charge is -2.40. The van der Waals surface area contributed by atoms with E-state index in [4.69, 9.17) is 4.74 Å². The van der Waals surface area contributed by atoms with Crippen LogP contribution in [0.1, 0.15) is 44.2 Å². The second-order valence-corrected chi connectivity index (χ2v) is 5.40. The van der Waals surface area contributed by atoms with E-state index in [-0.39, 0.29) is 11.9 Å². The molecule has 0 fully saturated rings. The van der Waals surface area contributed by atoms with Gasteiger partial charge >= 0.3 is 5.97 Å². The van der Waals surface area contributed by atoms with Crippen LogP contribution in [0.4, 0.5) is 0 Å². The molecular formula is C16H20O2. The number of carbonyl (C=O) groups is 1. The van der Waals surface area contributed by atoms with Gasteiger partial charge in [-0.2, -0.15) is 0 Å². The Balaban J connectivity index is 2.27.